The minimum absolute atomic E-state index is 0.0641. The predicted molar refractivity (Wildman–Crippen MR) is 144 cm³/mol. The van der Waals surface area contributed by atoms with Crippen molar-refractivity contribution in [3.8, 4) is 11.4 Å². The number of nitrogens with zero attached hydrogens (tertiary/aromatic N) is 6. The second-order valence-electron chi connectivity index (χ2n) is 10.5. The maximum absolute atomic E-state index is 13.9. The molecule has 5 rings (SSSR count). The number of piperazine rings is 1. The molecule has 1 saturated carbocycles. The number of hydrogen-bond donors (Lipinski definition) is 0. The van der Waals surface area contributed by atoms with E-state index >= 15 is 0 Å². The maximum Gasteiger partial charge on any atom is 0.244 e. The zero-order chi connectivity index (χ0) is 25.8. The summed E-state index contributed by atoms with van der Waals surface area (Å²) in [6.45, 7) is 7.05. The third-order valence-electron chi connectivity index (χ3n) is 7.89. The molecule has 3 aliphatic rings. The molecular weight excluding hydrogens is 467 g/mol. The van der Waals surface area contributed by atoms with Crippen LogP contribution in [0.1, 0.15) is 62.8 Å². The van der Waals surface area contributed by atoms with Gasteiger partial charge < -0.3 is 9.80 Å². The van der Waals surface area contributed by atoms with Gasteiger partial charge in [-0.3, -0.25) is 4.79 Å². The molecule has 7 nitrogen and oxygen atoms in total. The van der Waals surface area contributed by atoms with Crippen molar-refractivity contribution in [1.82, 2.24) is 24.6 Å². The molecule has 8 heteroatoms. The van der Waals surface area contributed by atoms with Crippen molar-refractivity contribution in [2.24, 2.45) is 10.9 Å². The van der Waals surface area contributed by atoms with Crippen molar-refractivity contribution < 1.29 is 9.18 Å². The van der Waals surface area contributed by atoms with E-state index in [-0.39, 0.29) is 24.2 Å². The molecule has 2 unspecified atom stereocenters. The molecule has 0 N–H and O–H groups in total. The minimum atomic E-state index is -0.240. The van der Waals surface area contributed by atoms with E-state index in [1.807, 2.05) is 21.9 Å². The van der Waals surface area contributed by atoms with Crippen LogP contribution < -0.4 is 0 Å². The highest BCUT2D eigenvalue weighted by molar-refractivity contribution is 5.76. The Morgan fingerprint density at radius 1 is 1.11 bits per heavy atom. The van der Waals surface area contributed by atoms with Crippen LogP contribution in [-0.2, 0) is 11.3 Å². The molecule has 2 fully saturated rings. The third-order valence-corrected chi connectivity index (χ3v) is 7.89. The number of aromatic nitrogens is 3. The van der Waals surface area contributed by atoms with Gasteiger partial charge in [-0.05, 0) is 68.0 Å². The first-order valence-corrected chi connectivity index (χ1v) is 13.6. The molecule has 0 spiro atoms. The Labute approximate surface area is 218 Å². The Morgan fingerprint density at radius 3 is 2.70 bits per heavy atom. The molecule has 2 aliphatic heterocycles. The molecule has 1 aromatic carbocycles. The summed E-state index contributed by atoms with van der Waals surface area (Å²) in [7, 11) is 0. The number of halogens is 1. The Balaban J connectivity index is 1.32. The Kier molecular flexibility index (Phi) is 7.82. The van der Waals surface area contributed by atoms with Crippen LogP contribution in [0.2, 0.25) is 0 Å². The fraction of sp³-hybridized carbons (Fsp3) is 0.517. The highest BCUT2D eigenvalue weighted by atomic mass is 19.1. The molecule has 0 radical (unpaired) electrons. The molecule has 1 saturated heterocycles. The van der Waals surface area contributed by atoms with Crippen LogP contribution in [0.25, 0.3) is 11.4 Å². The van der Waals surface area contributed by atoms with Gasteiger partial charge in [0.2, 0.25) is 5.91 Å². The normalized spacial score (nSPS) is 22.5. The maximum atomic E-state index is 13.9. The van der Waals surface area contributed by atoms with Crippen LogP contribution in [0.5, 0.6) is 0 Å². The summed E-state index contributed by atoms with van der Waals surface area (Å²) in [5.74, 6) is 3.05. The first kappa shape index (κ1) is 25.4. The van der Waals surface area contributed by atoms with Gasteiger partial charge >= 0.3 is 0 Å². The monoisotopic (exact) mass is 504 g/mol. The van der Waals surface area contributed by atoms with E-state index in [9.17, 15) is 9.18 Å². The fourth-order valence-electron chi connectivity index (χ4n) is 5.61. The lowest BCUT2D eigenvalue weighted by molar-refractivity contribution is -0.133. The highest BCUT2D eigenvalue weighted by Crippen LogP contribution is 2.37. The van der Waals surface area contributed by atoms with Gasteiger partial charge in [0.05, 0.1) is 0 Å². The van der Waals surface area contributed by atoms with E-state index in [0.717, 1.165) is 62.4 Å². The fourth-order valence-corrected chi connectivity index (χ4v) is 5.61. The molecule has 2 aromatic rings. The smallest absolute Gasteiger partial charge is 0.244 e. The van der Waals surface area contributed by atoms with Crippen LogP contribution in [0.3, 0.4) is 0 Å². The summed E-state index contributed by atoms with van der Waals surface area (Å²) >= 11 is 0. The number of benzene rings is 1. The van der Waals surface area contributed by atoms with Gasteiger partial charge in [0.1, 0.15) is 24.0 Å². The van der Waals surface area contributed by atoms with Gasteiger partial charge in [-0.1, -0.05) is 32.3 Å². The second-order valence-corrected chi connectivity index (χ2v) is 10.5. The Morgan fingerprint density at radius 2 is 1.92 bits per heavy atom. The third kappa shape index (κ3) is 5.84. The van der Waals surface area contributed by atoms with E-state index in [1.54, 1.807) is 19.1 Å². The summed E-state index contributed by atoms with van der Waals surface area (Å²) in [6, 6.07) is 4.97. The summed E-state index contributed by atoms with van der Waals surface area (Å²) in [5.41, 5.74) is 1.35. The summed E-state index contributed by atoms with van der Waals surface area (Å²) in [5, 5.41) is 4.79. The molecule has 1 aliphatic carbocycles. The number of carbonyl (C=O) groups is 1. The van der Waals surface area contributed by atoms with Crippen molar-refractivity contribution in [3.05, 3.63) is 59.5 Å². The van der Waals surface area contributed by atoms with Crippen molar-refractivity contribution in [2.45, 2.75) is 64.8 Å². The largest absolute Gasteiger partial charge is 0.353 e. The number of allylic oxidation sites excluding steroid dienone is 3. The van der Waals surface area contributed by atoms with Crippen LogP contribution in [-0.4, -0.2) is 62.9 Å². The number of hydrogen-bond acceptors (Lipinski definition) is 5. The average Bonchev–Trinajstić information content (AvgIpc) is 3.29. The Bertz CT molecular complexity index is 1210. The number of aryl methyl sites for hydroxylation is 1. The first-order chi connectivity index (χ1) is 18.0. The van der Waals surface area contributed by atoms with E-state index in [2.05, 4.69) is 29.0 Å². The van der Waals surface area contributed by atoms with Gasteiger partial charge in [0.25, 0.3) is 0 Å². The lowest BCUT2D eigenvalue weighted by Gasteiger charge is -2.36. The topological polar surface area (TPSA) is 66.6 Å². The SMILES string of the molecule is Cc1cc(-c2nc(C3CCCCC3C)n(CC(=O)N3CCN(C4=CCCC=CC=N4)CC3)n2)ccc1F. The van der Waals surface area contributed by atoms with Crippen LogP contribution in [0, 0.1) is 18.7 Å². The van der Waals surface area contributed by atoms with Crippen LogP contribution in [0.4, 0.5) is 4.39 Å². The van der Waals surface area contributed by atoms with Gasteiger partial charge in [-0.15, -0.1) is 0 Å². The van der Waals surface area contributed by atoms with E-state index < -0.39 is 0 Å². The number of rotatable bonds is 5. The molecule has 1 aromatic heterocycles. The summed E-state index contributed by atoms with van der Waals surface area (Å²) in [4.78, 5) is 27.1. The molecule has 2 atom stereocenters. The summed E-state index contributed by atoms with van der Waals surface area (Å²) in [6.07, 6.45) is 14.8. The van der Waals surface area contributed by atoms with Crippen molar-refractivity contribution in [1.29, 1.82) is 0 Å². The standard InChI is InChI=1S/C29H37FN6O/c1-21-9-6-7-10-24(21)29-32-28(23-12-13-25(30)22(2)19-23)33-36(29)20-27(37)35-17-15-34(16-18-35)26-11-5-3-4-8-14-31-26/h4,8,11-14,19,21,24H,3,5-7,9-10,15-18,20H2,1-2H3. The molecule has 0 bridgehead atoms. The van der Waals surface area contributed by atoms with Crippen molar-refractivity contribution >= 4 is 12.1 Å². The van der Waals surface area contributed by atoms with Crippen molar-refractivity contribution in [2.75, 3.05) is 26.2 Å². The molecule has 196 valence electrons. The second kappa shape index (κ2) is 11.4. The average molecular weight is 505 g/mol. The molecule has 37 heavy (non-hydrogen) atoms. The zero-order valence-corrected chi connectivity index (χ0v) is 21.9. The van der Waals surface area contributed by atoms with Gasteiger partial charge in [0.15, 0.2) is 5.82 Å². The van der Waals surface area contributed by atoms with Gasteiger partial charge in [0, 0.05) is 43.9 Å². The van der Waals surface area contributed by atoms with Crippen molar-refractivity contribution in [3.63, 3.8) is 0 Å². The lowest BCUT2D eigenvalue weighted by Crippen LogP contribution is -2.49. The van der Waals surface area contributed by atoms with Crippen LogP contribution in [0.15, 0.2) is 47.2 Å². The van der Waals surface area contributed by atoms with Crippen LogP contribution >= 0.6 is 0 Å². The molecule has 3 heterocycles. The van der Waals surface area contributed by atoms with E-state index in [1.165, 1.54) is 12.5 Å². The minimum Gasteiger partial charge on any atom is -0.353 e. The number of aliphatic imine (C=N–C) groups is 1. The zero-order valence-electron chi connectivity index (χ0n) is 21.9. The lowest BCUT2D eigenvalue weighted by atomic mass is 9.80. The predicted octanol–water partition coefficient (Wildman–Crippen LogP) is 5.09. The summed E-state index contributed by atoms with van der Waals surface area (Å²) < 4.78 is 15.7. The molecule has 1 amide bonds. The van der Waals surface area contributed by atoms with E-state index in [4.69, 9.17) is 10.1 Å². The number of amides is 1. The molecular formula is C29H37FN6O. The Hall–Kier alpha value is -3.29. The van der Waals surface area contributed by atoms with E-state index in [0.29, 0.717) is 30.4 Å². The van der Waals surface area contributed by atoms with Gasteiger partial charge in [-0.2, -0.15) is 5.10 Å². The van der Waals surface area contributed by atoms with Gasteiger partial charge in [-0.25, -0.2) is 19.0 Å². The first-order valence-electron chi connectivity index (χ1n) is 13.6. The highest BCUT2D eigenvalue weighted by Gasteiger charge is 2.30. The number of carbonyl (C=O) groups excluding carboxylic acids is 1. The quantitative estimate of drug-likeness (QED) is 0.569.